The van der Waals surface area contributed by atoms with Crippen LogP contribution in [0.3, 0.4) is 0 Å². The van der Waals surface area contributed by atoms with Gasteiger partial charge >= 0.3 is 0 Å². The molecule has 0 saturated carbocycles. The van der Waals surface area contributed by atoms with Gasteiger partial charge in [-0.05, 0) is 32.4 Å². The Kier molecular flexibility index (Phi) is 1.65. The summed E-state index contributed by atoms with van der Waals surface area (Å²) in [5.74, 6) is 0.233. The Morgan fingerprint density at radius 3 is 2.60 bits per heavy atom. The number of carbonyl (C=O) groups is 1. The average Bonchev–Trinajstić information content (AvgIpc) is 1.81. The van der Waals surface area contributed by atoms with Gasteiger partial charge in [0.15, 0.2) is 5.54 Å². The topological polar surface area (TPSA) is 33.7 Å². The molecule has 0 amide bonds. The lowest BCUT2D eigenvalue weighted by molar-refractivity contribution is -0.700. The zero-order valence-corrected chi connectivity index (χ0v) is 6.77. The van der Waals surface area contributed by atoms with Crippen molar-refractivity contribution >= 4 is 5.78 Å². The Bertz CT molecular complexity index is 191. The Morgan fingerprint density at radius 2 is 2.20 bits per heavy atom. The molecule has 0 atom stereocenters. The van der Waals surface area contributed by atoms with E-state index in [0.29, 0.717) is 0 Å². The van der Waals surface area contributed by atoms with Crippen molar-refractivity contribution in [2.75, 3.05) is 6.54 Å². The number of hydrogen-bond donors (Lipinski definition) is 1. The van der Waals surface area contributed by atoms with E-state index >= 15 is 0 Å². The van der Waals surface area contributed by atoms with Crippen LogP contribution in [0.4, 0.5) is 0 Å². The first-order valence-electron chi connectivity index (χ1n) is 3.58. The van der Waals surface area contributed by atoms with Gasteiger partial charge < -0.3 is 5.32 Å². The van der Waals surface area contributed by atoms with Crippen LogP contribution in [-0.4, -0.2) is 17.9 Å². The van der Waals surface area contributed by atoms with Gasteiger partial charge in [0, 0.05) is 0 Å². The Morgan fingerprint density at radius 1 is 1.60 bits per heavy atom. The Labute approximate surface area is 61.3 Å². The van der Waals surface area contributed by atoms with Crippen LogP contribution in [0.5, 0.6) is 0 Å². The highest BCUT2D eigenvalue weighted by molar-refractivity contribution is 5.96. The summed E-state index contributed by atoms with van der Waals surface area (Å²) in [5, 5.41) is 2.07. The molecule has 1 rings (SSSR count). The van der Waals surface area contributed by atoms with Gasteiger partial charge in [-0.2, -0.15) is 0 Å². The number of ketones is 1. The third-order valence-electron chi connectivity index (χ3n) is 1.95. The van der Waals surface area contributed by atoms with Crippen LogP contribution >= 0.6 is 0 Å². The highest BCUT2D eigenvalue weighted by Gasteiger charge is 2.32. The summed E-state index contributed by atoms with van der Waals surface area (Å²) < 4.78 is 0. The molecule has 10 heavy (non-hydrogen) atoms. The van der Waals surface area contributed by atoms with Gasteiger partial charge in [-0.25, -0.2) is 0 Å². The molecule has 2 N–H and O–H groups in total. The van der Waals surface area contributed by atoms with Crippen LogP contribution in [0.2, 0.25) is 0 Å². The number of rotatable bonds is 0. The van der Waals surface area contributed by atoms with Crippen LogP contribution in [-0.2, 0) is 4.79 Å². The molecular formula is C8H14NO+. The van der Waals surface area contributed by atoms with E-state index in [1.165, 1.54) is 5.57 Å². The molecule has 2 heteroatoms. The lowest BCUT2D eigenvalue weighted by Crippen LogP contribution is -2.98. The van der Waals surface area contributed by atoms with Crippen molar-refractivity contribution in [1.82, 2.24) is 0 Å². The van der Waals surface area contributed by atoms with Crippen molar-refractivity contribution in [3.63, 3.8) is 0 Å². The molecule has 0 unspecified atom stereocenters. The summed E-state index contributed by atoms with van der Waals surface area (Å²) in [7, 11) is 0. The van der Waals surface area contributed by atoms with Crippen molar-refractivity contribution in [3.8, 4) is 0 Å². The van der Waals surface area contributed by atoms with E-state index in [9.17, 15) is 4.79 Å². The molecule has 2 nitrogen and oxygen atoms in total. The third-order valence-corrected chi connectivity index (χ3v) is 1.95. The maximum absolute atomic E-state index is 11.2. The van der Waals surface area contributed by atoms with E-state index in [4.69, 9.17) is 0 Å². The van der Waals surface area contributed by atoms with E-state index in [1.807, 2.05) is 20.8 Å². The summed E-state index contributed by atoms with van der Waals surface area (Å²) in [6, 6.07) is 0. The second kappa shape index (κ2) is 2.20. The minimum atomic E-state index is -0.223. The number of carbonyl (C=O) groups excluding carboxylic acids is 1. The van der Waals surface area contributed by atoms with Crippen LogP contribution < -0.4 is 5.32 Å². The Balaban J connectivity index is 2.84. The summed E-state index contributed by atoms with van der Waals surface area (Å²) in [6.45, 7) is 6.86. The van der Waals surface area contributed by atoms with Crippen LogP contribution in [0, 0.1) is 0 Å². The van der Waals surface area contributed by atoms with Crippen molar-refractivity contribution in [2.24, 2.45) is 0 Å². The van der Waals surface area contributed by atoms with Gasteiger partial charge in [0.1, 0.15) is 0 Å². The van der Waals surface area contributed by atoms with Crippen LogP contribution in [0.25, 0.3) is 0 Å². The van der Waals surface area contributed by atoms with Gasteiger partial charge in [-0.3, -0.25) is 4.79 Å². The summed E-state index contributed by atoms with van der Waals surface area (Å²) in [4.78, 5) is 11.2. The Hall–Kier alpha value is -0.630. The highest BCUT2D eigenvalue weighted by atomic mass is 16.1. The van der Waals surface area contributed by atoms with Gasteiger partial charge in [0.25, 0.3) is 0 Å². The third kappa shape index (κ3) is 1.27. The zero-order chi connectivity index (χ0) is 7.78. The molecule has 0 aromatic heterocycles. The normalized spacial score (nSPS) is 24.3. The first kappa shape index (κ1) is 7.48. The first-order chi connectivity index (χ1) is 4.52. The molecule has 0 spiro atoms. The minimum absolute atomic E-state index is 0.223. The van der Waals surface area contributed by atoms with Crippen molar-refractivity contribution in [1.29, 1.82) is 0 Å². The molecule has 0 aliphatic carbocycles. The molecule has 56 valence electrons. The fourth-order valence-corrected chi connectivity index (χ4v) is 0.985. The van der Waals surface area contributed by atoms with Crippen molar-refractivity contribution in [2.45, 2.75) is 26.3 Å². The van der Waals surface area contributed by atoms with E-state index in [-0.39, 0.29) is 11.3 Å². The molecule has 0 aromatic rings. The van der Waals surface area contributed by atoms with Gasteiger partial charge in [0.05, 0.1) is 6.54 Å². The smallest absolute Gasteiger partial charge is 0.215 e. The summed E-state index contributed by atoms with van der Waals surface area (Å²) in [5.41, 5.74) is 0.948. The first-order valence-corrected chi connectivity index (χ1v) is 3.58. The molecule has 0 saturated heterocycles. The second-order valence-electron chi connectivity index (χ2n) is 3.48. The molecule has 0 aromatic carbocycles. The zero-order valence-electron chi connectivity index (χ0n) is 6.77. The van der Waals surface area contributed by atoms with Gasteiger partial charge in [0.2, 0.25) is 5.78 Å². The second-order valence-corrected chi connectivity index (χ2v) is 3.48. The van der Waals surface area contributed by atoms with Crippen LogP contribution in [0.15, 0.2) is 11.6 Å². The molecular weight excluding hydrogens is 126 g/mol. The minimum Gasteiger partial charge on any atom is -0.332 e. The number of quaternary nitrogens is 1. The fraction of sp³-hybridized carbons (Fsp3) is 0.625. The molecule has 1 heterocycles. The predicted octanol–water partition coefficient (Wildman–Crippen LogP) is -0.143. The molecule has 0 radical (unpaired) electrons. The SMILES string of the molecule is CC1=CC(=O)C(C)(C)[NH2+]C1. The van der Waals surface area contributed by atoms with Gasteiger partial charge in [-0.1, -0.05) is 0 Å². The monoisotopic (exact) mass is 140 g/mol. The lowest BCUT2D eigenvalue weighted by Gasteiger charge is -2.23. The average molecular weight is 140 g/mol. The molecule has 1 aliphatic heterocycles. The van der Waals surface area contributed by atoms with E-state index in [1.54, 1.807) is 6.08 Å². The molecule has 0 bridgehead atoms. The predicted molar refractivity (Wildman–Crippen MR) is 39.6 cm³/mol. The van der Waals surface area contributed by atoms with Crippen LogP contribution in [0.1, 0.15) is 20.8 Å². The summed E-state index contributed by atoms with van der Waals surface area (Å²) >= 11 is 0. The maximum Gasteiger partial charge on any atom is 0.215 e. The maximum atomic E-state index is 11.2. The van der Waals surface area contributed by atoms with E-state index < -0.39 is 0 Å². The number of hydrogen-bond acceptors (Lipinski definition) is 1. The highest BCUT2D eigenvalue weighted by Crippen LogP contribution is 2.05. The molecule has 0 fully saturated rings. The lowest BCUT2D eigenvalue weighted by atomic mass is 9.93. The fourth-order valence-electron chi connectivity index (χ4n) is 0.985. The van der Waals surface area contributed by atoms with Gasteiger partial charge in [-0.15, -0.1) is 0 Å². The number of nitrogens with two attached hydrogens (primary N) is 1. The molecule has 1 aliphatic rings. The van der Waals surface area contributed by atoms with Crippen molar-refractivity contribution in [3.05, 3.63) is 11.6 Å². The quantitative estimate of drug-likeness (QED) is 0.499. The van der Waals surface area contributed by atoms with E-state index in [2.05, 4.69) is 5.32 Å². The summed E-state index contributed by atoms with van der Waals surface area (Å²) in [6.07, 6.45) is 1.75. The van der Waals surface area contributed by atoms with E-state index in [0.717, 1.165) is 6.54 Å². The largest absolute Gasteiger partial charge is 0.332 e. The standard InChI is InChI=1S/C8H13NO/c1-6-4-7(10)8(2,3)9-5-6/h4,9H,5H2,1-3H3/p+1. The van der Waals surface area contributed by atoms with Crippen molar-refractivity contribution < 1.29 is 10.1 Å².